The summed E-state index contributed by atoms with van der Waals surface area (Å²) in [5.74, 6) is 0. The van der Waals surface area contributed by atoms with Crippen LogP contribution in [0.2, 0.25) is 5.02 Å². The molecule has 1 aliphatic rings. The fourth-order valence-electron chi connectivity index (χ4n) is 2.80. The van der Waals surface area contributed by atoms with Crippen LogP contribution in [-0.4, -0.2) is 45.2 Å². The number of piperidine rings is 1. The number of anilines is 1. The molecule has 1 aromatic rings. The van der Waals surface area contributed by atoms with Gasteiger partial charge >= 0.3 is 0 Å². The highest BCUT2D eigenvalue weighted by atomic mass is 35.5. The van der Waals surface area contributed by atoms with Gasteiger partial charge in [0.2, 0.25) is 0 Å². The van der Waals surface area contributed by atoms with Crippen LogP contribution in [0.25, 0.3) is 0 Å². The molecule has 2 rings (SSSR count). The molecule has 1 unspecified atom stereocenters. The number of likely N-dealkylation sites (tertiary alicyclic amines) is 1. The molecule has 1 atom stereocenters. The van der Waals surface area contributed by atoms with Crippen molar-refractivity contribution in [2.24, 2.45) is 0 Å². The maximum Gasteiger partial charge on any atom is 0.0642 e. The summed E-state index contributed by atoms with van der Waals surface area (Å²) in [5.41, 5.74) is 2.37. The molecule has 0 radical (unpaired) electrons. The summed E-state index contributed by atoms with van der Waals surface area (Å²) >= 11 is 6.43. The van der Waals surface area contributed by atoms with E-state index in [1.165, 1.54) is 24.9 Å². The Kier molecular flexibility index (Phi) is 5.08. The summed E-state index contributed by atoms with van der Waals surface area (Å²) in [4.78, 5) is 4.73. The van der Waals surface area contributed by atoms with Crippen molar-refractivity contribution in [2.75, 3.05) is 39.1 Å². The molecule has 3 nitrogen and oxygen atoms in total. The van der Waals surface area contributed by atoms with Gasteiger partial charge in [-0.2, -0.15) is 0 Å². The molecule has 0 aromatic heterocycles. The third kappa shape index (κ3) is 3.62. The highest BCUT2D eigenvalue weighted by Crippen LogP contribution is 2.29. The highest BCUT2D eigenvalue weighted by Gasteiger charge is 2.22. The molecule has 1 heterocycles. The average molecular weight is 282 g/mol. The molecular weight excluding hydrogens is 258 g/mol. The summed E-state index contributed by atoms with van der Waals surface area (Å²) in [6.45, 7) is 3.18. The van der Waals surface area contributed by atoms with Crippen molar-refractivity contribution in [1.29, 1.82) is 0 Å². The number of rotatable bonds is 4. The lowest BCUT2D eigenvalue weighted by Crippen LogP contribution is -2.45. The molecule has 4 heteroatoms. The van der Waals surface area contributed by atoms with E-state index in [9.17, 15) is 0 Å². The monoisotopic (exact) mass is 281 g/mol. The summed E-state index contributed by atoms with van der Waals surface area (Å²) in [5, 5.41) is 4.00. The zero-order valence-corrected chi connectivity index (χ0v) is 12.9. The van der Waals surface area contributed by atoms with Gasteiger partial charge in [0.25, 0.3) is 0 Å². The lowest BCUT2D eigenvalue weighted by molar-refractivity contribution is 0.248. The quantitative estimate of drug-likeness (QED) is 0.915. The van der Waals surface area contributed by atoms with Gasteiger partial charge in [-0.1, -0.05) is 17.7 Å². The van der Waals surface area contributed by atoms with Crippen molar-refractivity contribution < 1.29 is 0 Å². The highest BCUT2D eigenvalue weighted by molar-refractivity contribution is 6.33. The third-order valence-corrected chi connectivity index (χ3v) is 4.22. The van der Waals surface area contributed by atoms with Gasteiger partial charge in [-0.15, -0.1) is 0 Å². The molecule has 106 valence electrons. The Bertz CT molecular complexity index is 422. The predicted octanol–water partition coefficient (Wildman–Crippen LogP) is 2.59. The maximum absolute atomic E-state index is 6.43. The average Bonchev–Trinajstić information content (AvgIpc) is 2.38. The zero-order chi connectivity index (χ0) is 13.8. The first-order valence-corrected chi connectivity index (χ1v) is 7.34. The predicted molar refractivity (Wildman–Crippen MR) is 83.1 cm³/mol. The zero-order valence-electron chi connectivity index (χ0n) is 12.1. The number of halogens is 1. The van der Waals surface area contributed by atoms with Gasteiger partial charge in [0.15, 0.2) is 0 Å². The van der Waals surface area contributed by atoms with Crippen molar-refractivity contribution in [2.45, 2.75) is 25.4 Å². The molecule has 0 saturated carbocycles. The largest absolute Gasteiger partial charge is 0.369 e. The topological polar surface area (TPSA) is 18.5 Å². The molecule has 0 aliphatic carbocycles. The van der Waals surface area contributed by atoms with Crippen LogP contribution in [0.15, 0.2) is 18.2 Å². The normalized spacial score (nSPS) is 20.5. The number of likely N-dealkylation sites (N-methyl/N-ethyl adjacent to an activating group) is 2. The van der Waals surface area contributed by atoms with E-state index < -0.39 is 0 Å². The van der Waals surface area contributed by atoms with Gasteiger partial charge in [-0.05, 0) is 51.2 Å². The third-order valence-electron chi connectivity index (χ3n) is 3.92. The standard InChI is InChI=1S/C15H24ClN3/c1-17-10-12-6-7-15(14(16)9-12)19(3)13-5-4-8-18(2)11-13/h6-7,9,13,17H,4-5,8,10-11H2,1-3H3. The van der Waals surface area contributed by atoms with Crippen molar-refractivity contribution in [1.82, 2.24) is 10.2 Å². The van der Waals surface area contributed by atoms with Crippen LogP contribution >= 0.6 is 11.6 Å². The Balaban J connectivity index is 2.12. The van der Waals surface area contributed by atoms with Crippen LogP contribution in [0.5, 0.6) is 0 Å². The lowest BCUT2D eigenvalue weighted by atomic mass is 10.0. The van der Waals surface area contributed by atoms with E-state index in [1.807, 2.05) is 7.05 Å². The van der Waals surface area contributed by atoms with Crippen LogP contribution in [0, 0.1) is 0 Å². The van der Waals surface area contributed by atoms with E-state index in [-0.39, 0.29) is 0 Å². The lowest BCUT2D eigenvalue weighted by Gasteiger charge is -2.37. The van der Waals surface area contributed by atoms with E-state index >= 15 is 0 Å². The Morgan fingerprint density at radius 1 is 1.47 bits per heavy atom. The second kappa shape index (κ2) is 6.60. The Morgan fingerprint density at radius 2 is 2.26 bits per heavy atom. The Labute approximate surface area is 121 Å². The fourth-order valence-corrected chi connectivity index (χ4v) is 3.14. The maximum atomic E-state index is 6.43. The molecule has 1 fully saturated rings. The van der Waals surface area contributed by atoms with Crippen LogP contribution < -0.4 is 10.2 Å². The van der Waals surface area contributed by atoms with Crippen molar-refractivity contribution in [3.05, 3.63) is 28.8 Å². The van der Waals surface area contributed by atoms with Crippen molar-refractivity contribution in [3.8, 4) is 0 Å². The number of benzene rings is 1. The summed E-state index contributed by atoms with van der Waals surface area (Å²) in [7, 11) is 6.30. The fraction of sp³-hybridized carbons (Fsp3) is 0.600. The SMILES string of the molecule is CNCc1ccc(N(C)C2CCCN(C)C2)c(Cl)c1. The summed E-state index contributed by atoms with van der Waals surface area (Å²) in [6.07, 6.45) is 2.51. The number of nitrogens with one attached hydrogen (secondary N) is 1. The first kappa shape index (κ1) is 14.6. The molecule has 0 bridgehead atoms. The minimum Gasteiger partial charge on any atom is -0.369 e. The van der Waals surface area contributed by atoms with E-state index in [4.69, 9.17) is 11.6 Å². The minimum absolute atomic E-state index is 0.561. The van der Waals surface area contributed by atoms with Gasteiger partial charge in [0.1, 0.15) is 0 Å². The van der Waals surface area contributed by atoms with Crippen LogP contribution in [0.3, 0.4) is 0 Å². The van der Waals surface area contributed by atoms with Crippen LogP contribution in [-0.2, 0) is 6.54 Å². The van der Waals surface area contributed by atoms with E-state index in [2.05, 4.69) is 47.4 Å². The number of hydrogen-bond donors (Lipinski definition) is 1. The van der Waals surface area contributed by atoms with E-state index in [0.717, 1.165) is 23.8 Å². The second-order valence-corrected chi connectivity index (χ2v) is 5.89. The minimum atomic E-state index is 0.561. The van der Waals surface area contributed by atoms with Crippen LogP contribution in [0.1, 0.15) is 18.4 Å². The van der Waals surface area contributed by atoms with Gasteiger partial charge < -0.3 is 15.1 Å². The van der Waals surface area contributed by atoms with Crippen LogP contribution in [0.4, 0.5) is 5.69 Å². The molecule has 19 heavy (non-hydrogen) atoms. The first-order valence-electron chi connectivity index (χ1n) is 6.96. The molecule has 0 amide bonds. The summed E-state index contributed by atoms with van der Waals surface area (Å²) in [6, 6.07) is 6.92. The van der Waals surface area contributed by atoms with Gasteiger partial charge in [0.05, 0.1) is 10.7 Å². The number of nitrogens with zero attached hydrogens (tertiary/aromatic N) is 2. The Morgan fingerprint density at radius 3 is 2.89 bits per heavy atom. The second-order valence-electron chi connectivity index (χ2n) is 5.49. The Hall–Kier alpha value is -0.770. The summed E-state index contributed by atoms with van der Waals surface area (Å²) < 4.78 is 0. The molecule has 1 aromatic carbocycles. The molecule has 1 N–H and O–H groups in total. The molecule has 1 saturated heterocycles. The van der Waals surface area contributed by atoms with Gasteiger partial charge in [-0.25, -0.2) is 0 Å². The smallest absolute Gasteiger partial charge is 0.0642 e. The van der Waals surface area contributed by atoms with Crippen molar-refractivity contribution in [3.63, 3.8) is 0 Å². The molecule has 1 aliphatic heterocycles. The molecule has 0 spiro atoms. The first-order chi connectivity index (χ1) is 9.11. The van der Waals surface area contributed by atoms with E-state index in [0.29, 0.717) is 6.04 Å². The van der Waals surface area contributed by atoms with Gasteiger partial charge in [-0.3, -0.25) is 0 Å². The number of hydrogen-bond acceptors (Lipinski definition) is 3. The van der Waals surface area contributed by atoms with Gasteiger partial charge in [0, 0.05) is 26.2 Å². The molecular formula is C15H24ClN3. The van der Waals surface area contributed by atoms with Crippen molar-refractivity contribution >= 4 is 17.3 Å². The van der Waals surface area contributed by atoms with E-state index in [1.54, 1.807) is 0 Å².